The van der Waals surface area contributed by atoms with Crippen LogP contribution >= 0.6 is 11.8 Å². The van der Waals surface area contributed by atoms with Crippen molar-refractivity contribution in [3.63, 3.8) is 0 Å². The van der Waals surface area contributed by atoms with Gasteiger partial charge >= 0.3 is 0 Å². The van der Waals surface area contributed by atoms with Crippen LogP contribution in [0.1, 0.15) is 32.6 Å². The lowest BCUT2D eigenvalue weighted by Gasteiger charge is -2.23. The minimum Gasteiger partial charge on any atom is -0.370 e. The topological polar surface area (TPSA) is 49.8 Å². The summed E-state index contributed by atoms with van der Waals surface area (Å²) < 4.78 is 0. The number of thioether (sulfide) groups is 1. The van der Waals surface area contributed by atoms with Gasteiger partial charge in [-0.05, 0) is 44.3 Å². The Morgan fingerprint density at radius 3 is 2.74 bits per heavy atom. The molecule has 3 unspecified atom stereocenters. The molecule has 104 valence electrons. The summed E-state index contributed by atoms with van der Waals surface area (Å²) in [5.74, 6) is 3.72. The lowest BCUT2D eigenvalue weighted by molar-refractivity contribution is 0.438. The van der Waals surface area contributed by atoms with E-state index in [4.69, 9.17) is 0 Å². The number of rotatable bonds is 5. The highest BCUT2D eigenvalue weighted by atomic mass is 32.2. The van der Waals surface area contributed by atoms with Gasteiger partial charge in [0.1, 0.15) is 11.6 Å². The van der Waals surface area contributed by atoms with Crippen molar-refractivity contribution in [1.29, 1.82) is 0 Å². The zero-order valence-corrected chi connectivity index (χ0v) is 12.5. The SMILES string of the molecule is CCNc1cc(NC2CC3CCC2C3)nc(SC)n1. The van der Waals surface area contributed by atoms with E-state index in [-0.39, 0.29) is 0 Å². The Balaban J connectivity index is 1.74. The highest BCUT2D eigenvalue weighted by molar-refractivity contribution is 7.98. The van der Waals surface area contributed by atoms with Gasteiger partial charge in [0.25, 0.3) is 0 Å². The van der Waals surface area contributed by atoms with Crippen molar-refractivity contribution in [2.45, 2.75) is 43.8 Å². The minimum absolute atomic E-state index is 0.623. The van der Waals surface area contributed by atoms with E-state index in [1.165, 1.54) is 25.7 Å². The van der Waals surface area contributed by atoms with Crippen LogP contribution in [0, 0.1) is 11.8 Å². The Kier molecular flexibility index (Phi) is 3.82. The highest BCUT2D eigenvalue weighted by Gasteiger charge is 2.39. The van der Waals surface area contributed by atoms with E-state index in [2.05, 4.69) is 27.5 Å². The molecule has 2 N–H and O–H groups in total. The largest absolute Gasteiger partial charge is 0.370 e. The predicted octanol–water partition coefficient (Wildman–Crippen LogP) is 3.23. The first-order valence-electron chi connectivity index (χ1n) is 7.22. The maximum absolute atomic E-state index is 4.58. The fraction of sp³-hybridized carbons (Fsp3) is 0.714. The van der Waals surface area contributed by atoms with Gasteiger partial charge in [-0.25, -0.2) is 9.97 Å². The summed E-state index contributed by atoms with van der Waals surface area (Å²) in [6.45, 7) is 2.97. The summed E-state index contributed by atoms with van der Waals surface area (Å²) in [5.41, 5.74) is 0. The van der Waals surface area contributed by atoms with Crippen LogP contribution in [0.3, 0.4) is 0 Å². The molecule has 0 radical (unpaired) electrons. The van der Waals surface area contributed by atoms with Gasteiger partial charge in [0.05, 0.1) is 0 Å². The van der Waals surface area contributed by atoms with Crippen LogP contribution in [0.5, 0.6) is 0 Å². The summed E-state index contributed by atoms with van der Waals surface area (Å²) in [6.07, 6.45) is 7.58. The van der Waals surface area contributed by atoms with Gasteiger partial charge in [-0.1, -0.05) is 18.2 Å². The smallest absolute Gasteiger partial charge is 0.191 e. The average molecular weight is 278 g/mol. The van der Waals surface area contributed by atoms with Crippen molar-refractivity contribution in [1.82, 2.24) is 9.97 Å². The molecule has 1 heterocycles. The summed E-state index contributed by atoms with van der Waals surface area (Å²) in [6, 6.07) is 2.66. The highest BCUT2D eigenvalue weighted by Crippen LogP contribution is 2.45. The molecule has 0 saturated heterocycles. The van der Waals surface area contributed by atoms with E-state index < -0.39 is 0 Å². The second-order valence-corrected chi connectivity index (χ2v) is 6.35. The van der Waals surface area contributed by atoms with E-state index in [0.29, 0.717) is 6.04 Å². The predicted molar refractivity (Wildman–Crippen MR) is 80.8 cm³/mol. The molecule has 2 aliphatic carbocycles. The van der Waals surface area contributed by atoms with Crippen molar-refractivity contribution < 1.29 is 0 Å². The lowest BCUT2D eigenvalue weighted by Crippen LogP contribution is -2.26. The fourth-order valence-electron chi connectivity index (χ4n) is 3.47. The molecule has 2 fully saturated rings. The molecular formula is C14H22N4S. The lowest BCUT2D eigenvalue weighted by atomic mass is 9.95. The molecule has 2 aliphatic rings. The summed E-state index contributed by atoms with van der Waals surface area (Å²) in [5, 5.41) is 7.76. The molecule has 0 aromatic carbocycles. The first-order valence-corrected chi connectivity index (χ1v) is 8.44. The van der Waals surface area contributed by atoms with Crippen LogP contribution in [0.4, 0.5) is 11.6 Å². The third-order valence-corrected chi connectivity index (χ3v) is 4.87. The second kappa shape index (κ2) is 5.57. The monoisotopic (exact) mass is 278 g/mol. The van der Waals surface area contributed by atoms with Crippen LogP contribution in [0.25, 0.3) is 0 Å². The molecule has 3 rings (SSSR count). The van der Waals surface area contributed by atoms with Crippen molar-refractivity contribution in [3.8, 4) is 0 Å². The quantitative estimate of drug-likeness (QED) is 0.639. The van der Waals surface area contributed by atoms with Crippen LogP contribution in [0.2, 0.25) is 0 Å². The Bertz CT molecular complexity index is 451. The molecule has 1 aromatic rings. The second-order valence-electron chi connectivity index (χ2n) is 5.58. The van der Waals surface area contributed by atoms with Gasteiger partial charge in [0.2, 0.25) is 0 Å². The number of anilines is 2. The Hall–Kier alpha value is -0.970. The standard InChI is InChI=1S/C14H22N4S/c1-3-15-12-8-13(18-14(17-12)19-2)16-11-7-9-4-5-10(11)6-9/h8-11H,3-7H2,1-2H3,(H2,15,16,17,18). The van der Waals surface area contributed by atoms with E-state index in [0.717, 1.165) is 35.2 Å². The third kappa shape index (κ3) is 2.81. The van der Waals surface area contributed by atoms with Gasteiger partial charge in [0, 0.05) is 18.7 Å². The van der Waals surface area contributed by atoms with Crippen LogP contribution < -0.4 is 10.6 Å². The Morgan fingerprint density at radius 1 is 1.26 bits per heavy atom. The molecule has 0 spiro atoms. The van der Waals surface area contributed by atoms with Gasteiger partial charge in [0.15, 0.2) is 5.16 Å². The number of aromatic nitrogens is 2. The van der Waals surface area contributed by atoms with E-state index >= 15 is 0 Å². The van der Waals surface area contributed by atoms with Gasteiger partial charge in [-0.2, -0.15) is 0 Å². The zero-order chi connectivity index (χ0) is 13.2. The molecule has 0 amide bonds. The average Bonchev–Trinajstić information content (AvgIpc) is 3.01. The molecule has 4 nitrogen and oxygen atoms in total. The number of nitrogens with zero attached hydrogens (tertiary/aromatic N) is 2. The first kappa shape index (κ1) is 13.0. The van der Waals surface area contributed by atoms with Gasteiger partial charge in [-0.3, -0.25) is 0 Å². The Morgan fingerprint density at radius 2 is 2.11 bits per heavy atom. The van der Waals surface area contributed by atoms with Crippen molar-refractivity contribution in [2.24, 2.45) is 11.8 Å². The molecule has 0 aliphatic heterocycles. The molecule has 3 atom stereocenters. The molecule has 2 saturated carbocycles. The van der Waals surface area contributed by atoms with Crippen LogP contribution in [-0.4, -0.2) is 28.8 Å². The first-order chi connectivity index (χ1) is 9.28. The van der Waals surface area contributed by atoms with E-state index in [1.807, 2.05) is 12.3 Å². The third-order valence-electron chi connectivity index (χ3n) is 4.32. The molecule has 2 bridgehead atoms. The van der Waals surface area contributed by atoms with E-state index in [9.17, 15) is 0 Å². The van der Waals surface area contributed by atoms with Crippen molar-refractivity contribution >= 4 is 23.4 Å². The molecule has 1 aromatic heterocycles. The number of hydrogen-bond donors (Lipinski definition) is 2. The summed E-state index contributed by atoms with van der Waals surface area (Å²) >= 11 is 1.59. The minimum atomic E-state index is 0.623. The normalized spacial score (nSPS) is 28.6. The molecule has 19 heavy (non-hydrogen) atoms. The number of nitrogens with one attached hydrogen (secondary N) is 2. The van der Waals surface area contributed by atoms with Crippen molar-refractivity contribution in [2.75, 3.05) is 23.4 Å². The van der Waals surface area contributed by atoms with Gasteiger partial charge in [-0.15, -0.1) is 0 Å². The molecule has 5 heteroatoms. The van der Waals surface area contributed by atoms with Crippen LogP contribution in [0.15, 0.2) is 11.2 Å². The fourth-order valence-corrected chi connectivity index (χ4v) is 3.85. The Labute approximate surface area is 119 Å². The summed E-state index contributed by atoms with van der Waals surface area (Å²) in [4.78, 5) is 9.05. The maximum Gasteiger partial charge on any atom is 0.191 e. The molecular weight excluding hydrogens is 256 g/mol. The number of hydrogen-bond acceptors (Lipinski definition) is 5. The van der Waals surface area contributed by atoms with Crippen molar-refractivity contribution in [3.05, 3.63) is 6.07 Å². The van der Waals surface area contributed by atoms with E-state index in [1.54, 1.807) is 11.8 Å². The number of fused-ring (bicyclic) bond motifs is 2. The summed E-state index contributed by atoms with van der Waals surface area (Å²) in [7, 11) is 0. The zero-order valence-electron chi connectivity index (χ0n) is 11.6. The van der Waals surface area contributed by atoms with Crippen LogP contribution in [-0.2, 0) is 0 Å². The van der Waals surface area contributed by atoms with Gasteiger partial charge < -0.3 is 10.6 Å². The maximum atomic E-state index is 4.58.